The molecular formula is C18H23Cl3N4O4. The summed E-state index contributed by atoms with van der Waals surface area (Å²) in [5.74, 6) is -0.598. The number of hydrogen-bond donors (Lipinski definition) is 2. The second-order valence-corrected chi connectivity index (χ2v) is 7.16. The summed E-state index contributed by atoms with van der Waals surface area (Å²) in [4.78, 5) is 27.5. The Kier molecular flexibility index (Phi) is 10.8. The number of carbonyl (C=O) groups excluding carboxylic acids is 1. The van der Waals surface area contributed by atoms with Crippen molar-refractivity contribution >= 4 is 46.8 Å². The quantitative estimate of drug-likeness (QED) is 0.639. The van der Waals surface area contributed by atoms with Gasteiger partial charge in [0.05, 0.1) is 16.6 Å². The number of nitrogens with two attached hydrogens (primary N) is 1. The summed E-state index contributed by atoms with van der Waals surface area (Å²) in [6.07, 6.45) is 5.48. The molecule has 2 rings (SSSR count). The Morgan fingerprint density at radius 2 is 1.86 bits per heavy atom. The maximum Gasteiger partial charge on any atom is 0.329 e. The molecule has 0 unspecified atom stereocenters. The number of aromatic nitrogens is 2. The van der Waals surface area contributed by atoms with Crippen LogP contribution in [-0.2, 0) is 4.79 Å². The maximum atomic E-state index is 12.3. The number of hydrogen-bond acceptors (Lipinski definition) is 5. The molecule has 1 atom stereocenters. The molecule has 0 aliphatic heterocycles. The van der Waals surface area contributed by atoms with Crippen molar-refractivity contribution in [3.63, 3.8) is 0 Å². The number of amides is 1. The molecule has 1 aromatic heterocycles. The third-order valence-electron chi connectivity index (χ3n) is 3.45. The first-order valence-corrected chi connectivity index (χ1v) is 9.83. The van der Waals surface area contributed by atoms with E-state index >= 15 is 0 Å². The van der Waals surface area contributed by atoms with Crippen LogP contribution >= 0.6 is 34.8 Å². The molecule has 0 bridgehead atoms. The van der Waals surface area contributed by atoms with Gasteiger partial charge in [-0.05, 0) is 25.5 Å². The van der Waals surface area contributed by atoms with Gasteiger partial charge in [-0.2, -0.15) is 0 Å². The van der Waals surface area contributed by atoms with Crippen LogP contribution in [0.15, 0.2) is 30.9 Å². The molecule has 1 amide bonds. The second-order valence-electron chi connectivity index (χ2n) is 5.91. The fraction of sp³-hybridized carbons (Fsp3) is 0.389. The standard InChI is InChI=1S/C15H16Cl3N3O2.C3H7NO2/c1-2-4-20(15(22)21-5-3-19-10-21)6-7-23-14-12(17)8-11(16)9-13(14)18;1-2(4)3(5)6/h3,5,8-10H,2,4,6-7H2,1H3;2H,4H2,1H3,(H,5,6)/t;2-/m.0/s1. The summed E-state index contributed by atoms with van der Waals surface area (Å²) in [5, 5.41) is 8.98. The number of carboxylic acid groups (broad SMARTS) is 1. The summed E-state index contributed by atoms with van der Waals surface area (Å²) < 4.78 is 7.05. The van der Waals surface area contributed by atoms with Crippen LogP contribution in [0.5, 0.6) is 5.75 Å². The van der Waals surface area contributed by atoms with Crippen molar-refractivity contribution in [3.05, 3.63) is 45.9 Å². The van der Waals surface area contributed by atoms with E-state index in [9.17, 15) is 9.59 Å². The number of carboxylic acids is 1. The van der Waals surface area contributed by atoms with Gasteiger partial charge in [0.1, 0.15) is 19.0 Å². The Balaban J connectivity index is 0.000000612. The van der Waals surface area contributed by atoms with Crippen molar-refractivity contribution in [1.82, 2.24) is 14.5 Å². The molecule has 0 fully saturated rings. The third kappa shape index (κ3) is 8.49. The molecule has 160 valence electrons. The van der Waals surface area contributed by atoms with Crippen molar-refractivity contribution < 1.29 is 19.4 Å². The van der Waals surface area contributed by atoms with Crippen LogP contribution < -0.4 is 10.5 Å². The van der Waals surface area contributed by atoms with E-state index in [2.05, 4.69) is 4.98 Å². The Morgan fingerprint density at radius 3 is 2.31 bits per heavy atom. The Hall–Kier alpha value is -2.00. The molecule has 8 nitrogen and oxygen atoms in total. The van der Waals surface area contributed by atoms with Gasteiger partial charge >= 0.3 is 12.0 Å². The van der Waals surface area contributed by atoms with E-state index in [0.29, 0.717) is 33.9 Å². The van der Waals surface area contributed by atoms with Gasteiger partial charge < -0.3 is 20.5 Å². The average molecular weight is 466 g/mol. The van der Waals surface area contributed by atoms with Crippen LogP contribution in [0.1, 0.15) is 20.3 Å². The van der Waals surface area contributed by atoms with Gasteiger partial charge in [0.15, 0.2) is 5.75 Å². The monoisotopic (exact) mass is 464 g/mol. The number of aliphatic carboxylic acids is 1. The molecule has 0 aliphatic carbocycles. The molecule has 29 heavy (non-hydrogen) atoms. The fourth-order valence-electron chi connectivity index (χ4n) is 2.03. The maximum absolute atomic E-state index is 12.3. The van der Waals surface area contributed by atoms with Crippen LogP contribution in [-0.4, -0.2) is 57.3 Å². The minimum absolute atomic E-state index is 0.152. The Morgan fingerprint density at radius 1 is 1.28 bits per heavy atom. The van der Waals surface area contributed by atoms with Crippen molar-refractivity contribution in [1.29, 1.82) is 0 Å². The first kappa shape index (κ1) is 25.0. The van der Waals surface area contributed by atoms with E-state index in [1.165, 1.54) is 17.8 Å². The number of imidazole rings is 1. The number of benzene rings is 1. The van der Waals surface area contributed by atoms with Gasteiger partial charge in [-0.3, -0.25) is 9.36 Å². The first-order valence-electron chi connectivity index (χ1n) is 8.70. The zero-order chi connectivity index (χ0) is 22.0. The van der Waals surface area contributed by atoms with E-state index in [0.717, 1.165) is 6.42 Å². The van der Waals surface area contributed by atoms with Crippen LogP contribution in [0.2, 0.25) is 15.1 Å². The number of ether oxygens (including phenoxy) is 1. The molecule has 0 saturated carbocycles. The highest BCUT2D eigenvalue weighted by Gasteiger charge is 2.15. The highest BCUT2D eigenvalue weighted by atomic mass is 35.5. The summed E-state index contributed by atoms with van der Waals surface area (Å²) in [6, 6.07) is 2.24. The van der Waals surface area contributed by atoms with Crippen LogP contribution in [0.4, 0.5) is 4.79 Å². The number of halogens is 3. The van der Waals surface area contributed by atoms with Gasteiger partial charge in [-0.15, -0.1) is 0 Å². The molecule has 0 spiro atoms. The molecule has 0 radical (unpaired) electrons. The highest BCUT2D eigenvalue weighted by Crippen LogP contribution is 2.35. The van der Waals surface area contributed by atoms with E-state index in [-0.39, 0.29) is 12.6 Å². The van der Waals surface area contributed by atoms with Crippen LogP contribution in [0.25, 0.3) is 0 Å². The fourth-order valence-corrected chi connectivity index (χ4v) is 2.96. The SMILES string of the molecule is CCCN(CCOc1c(Cl)cc(Cl)cc1Cl)C(=O)n1ccnc1.C[C@H](N)C(=O)O. The van der Waals surface area contributed by atoms with E-state index in [1.54, 1.807) is 29.4 Å². The van der Waals surface area contributed by atoms with Crippen LogP contribution in [0.3, 0.4) is 0 Å². The molecule has 2 aromatic rings. The van der Waals surface area contributed by atoms with Crippen molar-refractivity contribution in [2.75, 3.05) is 19.7 Å². The summed E-state index contributed by atoms with van der Waals surface area (Å²) in [5.41, 5.74) is 4.84. The molecule has 3 N–H and O–H groups in total. The minimum Gasteiger partial charge on any atom is -0.489 e. The lowest BCUT2D eigenvalue weighted by atomic mass is 10.3. The van der Waals surface area contributed by atoms with Crippen molar-refractivity contribution in [2.45, 2.75) is 26.3 Å². The molecule has 0 saturated heterocycles. The number of carbonyl (C=O) groups is 2. The predicted molar refractivity (Wildman–Crippen MR) is 113 cm³/mol. The summed E-state index contributed by atoms with van der Waals surface area (Å²) >= 11 is 18.0. The molecule has 1 aromatic carbocycles. The Labute approximate surface area is 184 Å². The molecule has 1 heterocycles. The Bertz CT molecular complexity index is 777. The number of nitrogens with zero attached hydrogens (tertiary/aromatic N) is 3. The predicted octanol–water partition coefficient (Wildman–Crippen LogP) is 4.02. The normalized spacial score (nSPS) is 11.2. The highest BCUT2D eigenvalue weighted by molar-refractivity contribution is 6.40. The number of rotatable bonds is 7. The van der Waals surface area contributed by atoms with E-state index < -0.39 is 12.0 Å². The van der Waals surface area contributed by atoms with Gasteiger partial charge in [0, 0.05) is 24.0 Å². The average Bonchev–Trinajstić information content (AvgIpc) is 3.17. The molecule has 0 aliphatic rings. The molecule has 11 heteroatoms. The van der Waals surface area contributed by atoms with Crippen LogP contribution in [0, 0.1) is 0 Å². The van der Waals surface area contributed by atoms with Gasteiger partial charge in [-0.1, -0.05) is 41.7 Å². The van der Waals surface area contributed by atoms with Gasteiger partial charge in [0.2, 0.25) is 0 Å². The van der Waals surface area contributed by atoms with E-state index in [4.69, 9.17) is 50.4 Å². The zero-order valence-corrected chi connectivity index (χ0v) is 18.3. The summed E-state index contributed by atoms with van der Waals surface area (Å²) in [7, 11) is 0. The van der Waals surface area contributed by atoms with Gasteiger partial charge in [-0.25, -0.2) is 9.78 Å². The minimum atomic E-state index is -0.963. The third-order valence-corrected chi connectivity index (χ3v) is 4.23. The lowest BCUT2D eigenvalue weighted by Crippen LogP contribution is -2.37. The lowest BCUT2D eigenvalue weighted by molar-refractivity contribution is -0.138. The first-order chi connectivity index (χ1) is 13.7. The lowest BCUT2D eigenvalue weighted by Gasteiger charge is -2.22. The van der Waals surface area contributed by atoms with E-state index in [1.807, 2.05) is 6.92 Å². The topological polar surface area (TPSA) is 111 Å². The van der Waals surface area contributed by atoms with Crippen molar-refractivity contribution in [2.24, 2.45) is 5.73 Å². The van der Waals surface area contributed by atoms with Crippen molar-refractivity contribution in [3.8, 4) is 5.75 Å². The van der Waals surface area contributed by atoms with Gasteiger partial charge in [0.25, 0.3) is 0 Å². The zero-order valence-electron chi connectivity index (χ0n) is 16.0. The molecular weight excluding hydrogens is 443 g/mol. The second kappa shape index (κ2) is 12.5. The summed E-state index contributed by atoms with van der Waals surface area (Å²) in [6.45, 7) is 4.70. The smallest absolute Gasteiger partial charge is 0.329 e. The largest absolute Gasteiger partial charge is 0.489 e.